The minimum atomic E-state index is -0.294. The van der Waals surface area contributed by atoms with E-state index >= 15 is 0 Å². The van der Waals surface area contributed by atoms with Gasteiger partial charge in [-0.1, -0.05) is 6.07 Å². The average Bonchev–Trinajstić information content (AvgIpc) is 2.54. The SMILES string of the molecule is CCN(CC)C(=O)C(=Cc1ccc(OC)c(OC)c1)NC(C)=O. The third-order valence-corrected chi connectivity index (χ3v) is 3.31. The fourth-order valence-electron chi connectivity index (χ4n) is 2.13. The van der Waals surface area contributed by atoms with Crippen molar-refractivity contribution in [3.05, 3.63) is 29.5 Å². The Morgan fingerprint density at radius 1 is 1.13 bits per heavy atom. The molecule has 1 N–H and O–H groups in total. The van der Waals surface area contributed by atoms with Gasteiger partial charge in [0.1, 0.15) is 5.70 Å². The van der Waals surface area contributed by atoms with Crippen molar-refractivity contribution in [2.45, 2.75) is 20.8 Å². The Morgan fingerprint density at radius 3 is 2.22 bits per heavy atom. The van der Waals surface area contributed by atoms with Gasteiger partial charge in [0.2, 0.25) is 5.91 Å². The van der Waals surface area contributed by atoms with Crippen molar-refractivity contribution >= 4 is 17.9 Å². The van der Waals surface area contributed by atoms with Crippen LogP contribution in [-0.2, 0) is 9.59 Å². The fraction of sp³-hybridized carbons (Fsp3) is 0.412. The van der Waals surface area contributed by atoms with E-state index in [1.165, 1.54) is 6.92 Å². The third-order valence-electron chi connectivity index (χ3n) is 3.31. The van der Waals surface area contributed by atoms with E-state index in [2.05, 4.69) is 5.32 Å². The highest BCUT2D eigenvalue weighted by molar-refractivity contribution is 6.00. The molecule has 1 aromatic carbocycles. The largest absolute Gasteiger partial charge is 0.493 e. The van der Waals surface area contributed by atoms with E-state index in [0.717, 1.165) is 5.56 Å². The van der Waals surface area contributed by atoms with Gasteiger partial charge < -0.3 is 19.7 Å². The molecule has 0 aliphatic carbocycles. The van der Waals surface area contributed by atoms with Crippen LogP contribution < -0.4 is 14.8 Å². The number of rotatable bonds is 7. The summed E-state index contributed by atoms with van der Waals surface area (Å²) >= 11 is 0. The summed E-state index contributed by atoms with van der Waals surface area (Å²) in [6, 6.07) is 5.28. The zero-order chi connectivity index (χ0) is 17.4. The van der Waals surface area contributed by atoms with Crippen molar-refractivity contribution < 1.29 is 19.1 Å². The minimum absolute atomic E-state index is 0.222. The molecule has 0 spiro atoms. The normalized spacial score (nSPS) is 10.9. The summed E-state index contributed by atoms with van der Waals surface area (Å²) in [5.41, 5.74) is 0.959. The van der Waals surface area contributed by atoms with Crippen LogP contribution in [0.5, 0.6) is 11.5 Å². The summed E-state index contributed by atoms with van der Waals surface area (Å²) in [5.74, 6) is 0.636. The van der Waals surface area contributed by atoms with Crippen molar-refractivity contribution in [3.8, 4) is 11.5 Å². The van der Waals surface area contributed by atoms with Crippen molar-refractivity contribution in [1.82, 2.24) is 10.2 Å². The number of hydrogen-bond donors (Lipinski definition) is 1. The van der Waals surface area contributed by atoms with Crippen LogP contribution in [0.1, 0.15) is 26.3 Å². The van der Waals surface area contributed by atoms with Gasteiger partial charge in [-0.2, -0.15) is 0 Å². The molecule has 126 valence electrons. The third kappa shape index (κ3) is 5.02. The van der Waals surface area contributed by atoms with E-state index in [0.29, 0.717) is 24.6 Å². The summed E-state index contributed by atoms with van der Waals surface area (Å²) in [4.78, 5) is 25.6. The number of benzene rings is 1. The summed E-state index contributed by atoms with van der Waals surface area (Å²) in [6.45, 7) is 6.29. The standard InChI is InChI=1S/C17H24N2O4/c1-6-19(7-2)17(21)14(18-12(3)20)10-13-8-9-15(22-4)16(11-13)23-5/h8-11H,6-7H2,1-5H3,(H,18,20). The molecule has 2 amide bonds. The molecule has 0 atom stereocenters. The first-order valence-corrected chi connectivity index (χ1v) is 7.47. The van der Waals surface area contributed by atoms with Gasteiger partial charge in [0.25, 0.3) is 5.91 Å². The molecular formula is C17H24N2O4. The Morgan fingerprint density at radius 2 is 1.74 bits per heavy atom. The van der Waals surface area contributed by atoms with Gasteiger partial charge in [-0.3, -0.25) is 9.59 Å². The molecule has 0 bridgehead atoms. The number of nitrogens with one attached hydrogen (secondary N) is 1. The fourth-order valence-corrected chi connectivity index (χ4v) is 2.13. The van der Waals surface area contributed by atoms with Crippen molar-refractivity contribution in [2.75, 3.05) is 27.3 Å². The van der Waals surface area contributed by atoms with Crippen LogP contribution in [0.15, 0.2) is 23.9 Å². The maximum Gasteiger partial charge on any atom is 0.270 e. The van der Waals surface area contributed by atoms with E-state index in [4.69, 9.17) is 9.47 Å². The van der Waals surface area contributed by atoms with Crippen LogP contribution in [0.3, 0.4) is 0 Å². The average molecular weight is 320 g/mol. The maximum absolute atomic E-state index is 12.5. The second kappa shape index (κ2) is 8.82. The summed E-state index contributed by atoms with van der Waals surface area (Å²) < 4.78 is 10.4. The van der Waals surface area contributed by atoms with Crippen molar-refractivity contribution in [1.29, 1.82) is 0 Å². The Labute approximate surface area is 137 Å². The van der Waals surface area contributed by atoms with Gasteiger partial charge in [0.15, 0.2) is 11.5 Å². The molecule has 0 heterocycles. The molecule has 0 radical (unpaired) electrons. The molecule has 23 heavy (non-hydrogen) atoms. The second-order valence-corrected chi connectivity index (χ2v) is 4.83. The molecule has 0 aromatic heterocycles. The van der Waals surface area contributed by atoms with Crippen LogP contribution in [0.4, 0.5) is 0 Å². The molecule has 6 nitrogen and oxygen atoms in total. The van der Waals surface area contributed by atoms with Crippen LogP contribution in [-0.4, -0.2) is 44.0 Å². The molecule has 0 saturated heterocycles. The van der Waals surface area contributed by atoms with Crippen molar-refractivity contribution in [3.63, 3.8) is 0 Å². The smallest absolute Gasteiger partial charge is 0.270 e. The van der Waals surface area contributed by atoms with E-state index < -0.39 is 0 Å². The summed E-state index contributed by atoms with van der Waals surface area (Å²) in [6.07, 6.45) is 1.63. The predicted molar refractivity (Wildman–Crippen MR) is 89.3 cm³/mol. The molecular weight excluding hydrogens is 296 g/mol. The molecule has 1 aromatic rings. The number of likely N-dealkylation sites (N-methyl/N-ethyl adjacent to an activating group) is 1. The number of carbonyl (C=O) groups is 2. The molecule has 6 heteroatoms. The lowest BCUT2D eigenvalue weighted by molar-refractivity contribution is -0.129. The first kappa shape index (κ1) is 18.5. The molecule has 0 aliphatic rings. The lowest BCUT2D eigenvalue weighted by Crippen LogP contribution is -2.37. The van der Waals surface area contributed by atoms with Gasteiger partial charge in [-0.25, -0.2) is 0 Å². The minimum Gasteiger partial charge on any atom is -0.493 e. The van der Waals surface area contributed by atoms with Crippen molar-refractivity contribution in [2.24, 2.45) is 0 Å². The molecule has 0 aliphatic heterocycles. The van der Waals surface area contributed by atoms with Gasteiger partial charge in [-0.05, 0) is 37.6 Å². The van der Waals surface area contributed by atoms with Crippen LogP contribution in [0, 0.1) is 0 Å². The summed E-state index contributed by atoms with van der Waals surface area (Å²) in [5, 5.41) is 2.60. The molecule has 0 unspecified atom stereocenters. The lowest BCUT2D eigenvalue weighted by atomic mass is 10.1. The Balaban J connectivity index is 3.23. The lowest BCUT2D eigenvalue weighted by Gasteiger charge is -2.20. The summed E-state index contributed by atoms with van der Waals surface area (Å²) in [7, 11) is 3.10. The quantitative estimate of drug-likeness (QED) is 0.781. The highest BCUT2D eigenvalue weighted by Gasteiger charge is 2.17. The van der Waals surface area contributed by atoms with E-state index in [-0.39, 0.29) is 17.5 Å². The molecule has 0 saturated carbocycles. The monoisotopic (exact) mass is 320 g/mol. The van der Waals surface area contributed by atoms with Crippen LogP contribution in [0.25, 0.3) is 6.08 Å². The van der Waals surface area contributed by atoms with Crippen LogP contribution in [0.2, 0.25) is 0 Å². The number of hydrogen-bond acceptors (Lipinski definition) is 4. The molecule has 1 rings (SSSR count). The zero-order valence-electron chi connectivity index (χ0n) is 14.3. The number of nitrogens with zero attached hydrogens (tertiary/aromatic N) is 1. The Bertz CT molecular complexity index is 592. The Hall–Kier alpha value is -2.50. The topological polar surface area (TPSA) is 67.9 Å². The first-order chi connectivity index (χ1) is 11.0. The maximum atomic E-state index is 12.5. The van der Waals surface area contributed by atoms with Gasteiger partial charge in [-0.15, -0.1) is 0 Å². The second-order valence-electron chi connectivity index (χ2n) is 4.83. The zero-order valence-corrected chi connectivity index (χ0v) is 14.3. The number of amides is 2. The van der Waals surface area contributed by atoms with E-state index in [1.807, 2.05) is 13.8 Å². The van der Waals surface area contributed by atoms with Gasteiger partial charge >= 0.3 is 0 Å². The van der Waals surface area contributed by atoms with E-state index in [9.17, 15) is 9.59 Å². The van der Waals surface area contributed by atoms with E-state index in [1.54, 1.807) is 43.4 Å². The Kier molecular flexibility index (Phi) is 7.12. The van der Waals surface area contributed by atoms with Gasteiger partial charge in [0.05, 0.1) is 14.2 Å². The first-order valence-electron chi connectivity index (χ1n) is 7.47. The highest BCUT2D eigenvalue weighted by Crippen LogP contribution is 2.28. The highest BCUT2D eigenvalue weighted by atomic mass is 16.5. The number of ether oxygens (including phenoxy) is 2. The number of carbonyl (C=O) groups excluding carboxylic acids is 2. The van der Waals surface area contributed by atoms with Gasteiger partial charge in [0, 0.05) is 20.0 Å². The number of methoxy groups -OCH3 is 2. The molecule has 0 fully saturated rings. The predicted octanol–water partition coefficient (Wildman–Crippen LogP) is 2.05. The van der Waals surface area contributed by atoms with Crippen LogP contribution >= 0.6 is 0 Å².